The monoisotopic (exact) mass is 360 g/mol. The van der Waals surface area contributed by atoms with Gasteiger partial charge in [-0.05, 0) is 39.0 Å². The number of alkyl halides is 1. The van der Waals surface area contributed by atoms with E-state index in [1.54, 1.807) is 4.90 Å². The van der Waals surface area contributed by atoms with Crippen LogP contribution in [-0.2, 0) is 9.53 Å². The number of carbonyl (C=O) groups is 2. The van der Waals surface area contributed by atoms with E-state index < -0.39 is 5.60 Å². The molecule has 5 nitrogen and oxygen atoms in total. The summed E-state index contributed by atoms with van der Waals surface area (Å²) in [5.41, 5.74) is -0.455. The first-order valence-electron chi connectivity index (χ1n) is 7.60. The molecule has 2 saturated heterocycles. The lowest BCUT2D eigenvalue weighted by atomic mass is 10.1. The number of rotatable bonds is 3. The van der Waals surface area contributed by atoms with Crippen molar-refractivity contribution in [2.45, 2.75) is 39.2 Å². The summed E-state index contributed by atoms with van der Waals surface area (Å²) in [6.07, 6.45) is 1.35. The summed E-state index contributed by atoms with van der Waals surface area (Å²) in [6, 6.07) is 0. The molecular formula is C15H25BrN2O3. The molecule has 2 rings (SSSR count). The summed E-state index contributed by atoms with van der Waals surface area (Å²) in [5.74, 6) is 1.05. The van der Waals surface area contributed by atoms with Crippen LogP contribution in [0, 0.1) is 11.8 Å². The zero-order valence-electron chi connectivity index (χ0n) is 13.1. The Morgan fingerprint density at radius 3 is 2.62 bits per heavy atom. The smallest absolute Gasteiger partial charge is 0.410 e. The Labute approximate surface area is 135 Å². The molecule has 6 heteroatoms. The van der Waals surface area contributed by atoms with Crippen LogP contribution in [0.2, 0.25) is 0 Å². The van der Waals surface area contributed by atoms with Crippen LogP contribution in [0.4, 0.5) is 4.79 Å². The lowest BCUT2D eigenvalue weighted by Gasteiger charge is -2.25. The number of carbonyl (C=O) groups excluding carboxylic acids is 2. The highest BCUT2D eigenvalue weighted by Gasteiger charge is 2.34. The molecule has 0 aliphatic carbocycles. The number of amides is 2. The van der Waals surface area contributed by atoms with E-state index >= 15 is 0 Å². The molecule has 21 heavy (non-hydrogen) atoms. The van der Waals surface area contributed by atoms with Gasteiger partial charge in [-0.15, -0.1) is 0 Å². The summed E-state index contributed by atoms with van der Waals surface area (Å²) in [4.78, 5) is 27.7. The Morgan fingerprint density at radius 1 is 1.33 bits per heavy atom. The SMILES string of the molecule is CC(C)(C)OC(=O)N1CCC(CN2CC(CBr)CC2=O)C1. The molecule has 2 heterocycles. The molecule has 0 aromatic rings. The van der Waals surface area contributed by atoms with Crippen LogP contribution in [0.3, 0.4) is 0 Å². The molecule has 0 radical (unpaired) electrons. The van der Waals surface area contributed by atoms with Crippen LogP contribution < -0.4 is 0 Å². The standard InChI is InChI=1S/C15H25BrN2O3/c1-15(2,3)21-14(20)17-5-4-11(8-17)9-18-10-12(7-16)6-13(18)19/h11-12H,4-10H2,1-3H3. The van der Waals surface area contributed by atoms with Crippen LogP contribution in [0.5, 0.6) is 0 Å². The number of nitrogens with zero attached hydrogens (tertiary/aromatic N) is 2. The van der Waals surface area contributed by atoms with Crippen molar-refractivity contribution in [2.75, 3.05) is 31.5 Å². The average molecular weight is 361 g/mol. The number of hydrogen-bond donors (Lipinski definition) is 0. The van der Waals surface area contributed by atoms with E-state index in [0.717, 1.165) is 31.4 Å². The maximum Gasteiger partial charge on any atom is 0.410 e. The van der Waals surface area contributed by atoms with E-state index in [2.05, 4.69) is 15.9 Å². The zero-order valence-corrected chi connectivity index (χ0v) is 14.7. The molecule has 2 unspecified atom stereocenters. The molecule has 2 aliphatic heterocycles. The molecule has 2 amide bonds. The summed E-state index contributed by atoms with van der Waals surface area (Å²) in [7, 11) is 0. The van der Waals surface area contributed by atoms with Gasteiger partial charge in [0.05, 0.1) is 0 Å². The second kappa shape index (κ2) is 6.55. The molecule has 2 fully saturated rings. The Morgan fingerprint density at radius 2 is 2.05 bits per heavy atom. The molecule has 0 aromatic carbocycles. The third-order valence-corrected chi connectivity index (χ3v) is 4.84. The lowest BCUT2D eigenvalue weighted by molar-refractivity contribution is -0.128. The van der Waals surface area contributed by atoms with Crippen molar-refractivity contribution in [1.82, 2.24) is 9.80 Å². The minimum atomic E-state index is -0.455. The van der Waals surface area contributed by atoms with Gasteiger partial charge in [-0.25, -0.2) is 4.79 Å². The lowest BCUT2D eigenvalue weighted by Crippen LogP contribution is -2.37. The van der Waals surface area contributed by atoms with Gasteiger partial charge in [-0.1, -0.05) is 15.9 Å². The normalized spacial score (nSPS) is 26.6. The molecule has 120 valence electrons. The first-order valence-corrected chi connectivity index (χ1v) is 8.72. The van der Waals surface area contributed by atoms with E-state index in [9.17, 15) is 9.59 Å². The maximum absolute atomic E-state index is 12.0. The van der Waals surface area contributed by atoms with Crippen molar-refractivity contribution in [1.29, 1.82) is 0 Å². The van der Waals surface area contributed by atoms with Crippen LogP contribution in [-0.4, -0.2) is 58.9 Å². The van der Waals surface area contributed by atoms with E-state index in [1.165, 1.54) is 0 Å². The number of hydrogen-bond acceptors (Lipinski definition) is 3. The second-order valence-electron chi connectivity index (χ2n) is 7.10. The summed E-state index contributed by atoms with van der Waals surface area (Å²) in [5, 5.41) is 0.879. The van der Waals surface area contributed by atoms with Gasteiger partial charge in [-0.2, -0.15) is 0 Å². The fourth-order valence-electron chi connectivity index (χ4n) is 2.92. The highest BCUT2D eigenvalue weighted by Crippen LogP contribution is 2.25. The molecule has 0 aromatic heterocycles. The summed E-state index contributed by atoms with van der Waals surface area (Å²) >= 11 is 3.45. The van der Waals surface area contributed by atoms with Crippen molar-refractivity contribution in [3.05, 3.63) is 0 Å². The van der Waals surface area contributed by atoms with Crippen molar-refractivity contribution in [3.63, 3.8) is 0 Å². The van der Waals surface area contributed by atoms with Crippen molar-refractivity contribution in [3.8, 4) is 0 Å². The van der Waals surface area contributed by atoms with E-state index in [0.29, 0.717) is 24.8 Å². The highest BCUT2D eigenvalue weighted by molar-refractivity contribution is 9.09. The van der Waals surface area contributed by atoms with Gasteiger partial charge in [0, 0.05) is 37.9 Å². The predicted octanol–water partition coefficient (Wildman–Crippen LogP) is 2.49. The van der Waals surface area contributed by atoms with E-state index in [-0.39, 0.29) is 12.0 Å². The highest BCUT2D eigenvalue weighted by atomic mass is 79.9. The van der Waals surface area contributed by atoms with Gasteiger partial charge < -0.3 is 14.5 Å². The Kier molecular flexibility index (Phi) is 5.17. The van der Waals surface area contributed by atoms with E-state index in [1.807, 2.05) is 25.7 Å². The average Bonchev–Trinajstić information content (AvgIpc) is 2.95. The number of likely N-dealkylation sites (tertiary alicyclic amines) is 2. The van der Waals surface area contributed by atoms with Gasteiger partial charge in [0.1, 0.15) is 5.60 Å². The van der Waals surface area contributed by atoms with Gasteiger partial charge in [0.25, 0.3) is 0 Å². The first kappa shape index (κ1) is 16.6. The largest absolute Gasteiger partial charge is 0.444 e. The topological polar surface area (TPSA) is 49.9 Å². The van der Waals surface area contributed by atoms with Crippen molar-refractivity contribution < 1.29 is 14.3 Å². The number of ether oxygens (including phenoxy) is 1. The van der Waals surface area contributed by atoms with Gasteiger partial charge >= 0.3 is 6.09 Å². The third-order valence-electron chi connectivity index (χ3n) is 3.93. The van der Waals surface area contributed by atoms with Crippen molar-refractivity contribution in [2.24, 2.45) is 11.8 Å². The van der Waals surface area contributed by atoms with Crippen LogP contribution in [0.1, 0.15) is 33.6 Å². The molecule has 0 saturated carbocycles. The molecule has 0 spiro atoms. The fourth-order valence-corrected chi connectivity index (χ4v) is 3.35. The minimum Gasteiger partial charge on any atom is -0.444 e. The molecule has 0 N–H and O–H groups in total. The van der Waals surface area contributed by atoms with E-state index in [4.69, 9.17) is 4.74 Å². The second-order valence-corrected chi connectivity index (χ2v) is 7.75. The summed E-state index contributed by atoms with van der Waals surface area (Å²) < 4.78 is 5.40. The Bertz CT molecular complexity index is 408. The van der Waals surface area contributed by atoms with Crippen LogP contribution in [0.15, 0.2) is 0 Å². The Balaban J connectivity index is 1.80. The number of halogens is 1. The van der Waals surface area contributed by atoms with Crippen LogP contribution in [0.25, 0.3) is 0 Å². The molecule has 0 bridgehead atoms. The quantitative estimate of drug-likeness (QED) is 0.726. The predicted molar refractivity (Wildman–Crippen MR) is 84.4 cm³/mol. The third kappa shape index (κ3) is 4.59. The Hall–Kier alpha value is -0.780. The van der Waals surface area contributed by atoms with Gasteiger partial charge in [-0.3, -0.25) is 4.79 Å². The first-order chi connectivity index (χ1) is 9.78. The van der Waals surface area contributed by atoms with Crippen molar-refractivity contribution >= 4 is 27.9 Å². The van der Waals surface area contributed by atoms with Gasteiger partial charge in [0.15, 0.2) is 0 Å². The fraction of sp³-hybridized carbons (Fsp3) is 0.867. The molecule has 2 atom stereocenters. The minimum absolute atomic E-state index is 0.240. The van der Waals surface area contributed by atoms with Gasteiger partial charge in [0.2, 0.25) is 5.91 Å². The van der Waals surface area contributed by atoms with Crippen LogP contribution >= 0.6 is 15.9 Å². The zero-order chi connectivity index (χ0) is 15.6. The molecule has 2 aliphatic rings. The molecular weight excluding hydrogens is 336 g/mol. The maximum atomic E-state index is 12.0. The summed E-state index contributed by atoms with van der Waals surface area (Å²) in [6.45, 7) is 8.65.